The first kappa shape index (κ1) is 20.8. The van der Waals surface area contributed by atoms with Crippen LogP contribution in [0.25, 0.3) is 0 Å². The molecule has 0 N–H and O–H groups in total. The van der Waals surface area contributed by atoms with Gasteiger partial charge in [-0.05, 0) is 61.4 Å². The molecule has 2 amide bonds. The quantitative estimate of drug-likeness (QED) is 0.687. The average Bonchev–Trinajstić information content (AvgIpc) is 2.75. The maximum absolute atomic E-state index is 13.0. The first-order valence-electron chi connectivity index (χ1n) is 10.4. The second-order valence-corrected chi connectivity index (χ2v) is 9.95. The first-order valence-corrected chi connectivity index (χ1v) is 11.9. The molecule has 2 aliphatic heterocycles. The molecule has 158 valence electrons. The Kier molecular flexibility index (Phi) is 6.01. The number of piperidine rings is 2. The third kappa shape index (κ3) is 4.32. The molecule has 0 bridgehead atoms. The summed E-state index contributed by atoms with van der Waals surface area (Å²) in [7, 11) is -3.59. The molecule has 2 heterocycles. The van der Waals surface area contributed by atoms with Gasteiger partial charge in [-0.2, -0.15) is 4.31 Å². The fraction of sp³-hybridized carbons (Fsp3) is 0.391. The van der Waals surface area contributed by atoms with E-state index in [1.54, 1.807) is 16.4 Å². The number of nitrogens with zero attached hydrogens (tertiary/aromatic N) is 2. The van der Waals surface area contributed by atoms with E-state index in [1.165, 1.54) is 17.7 Å². The molecule has 4 rings (SSSR count). The lowest BCUT2D eigenvalue weighted by Gasteiger charge is -2.31. The van der Waals surface area contributed by atoms with E-state index in [4.69, 9.17) is 0 Å². The van der Waals surface area contributed by atoms with Gasteiger partial charge in [-0.3, -0.25) is 14.5 Å². The number of imide groups is 1. The van der Waals surface area contributed by atoms with Gasteiger partial charge in [0, 0.05) is 25.9 Å². The van der Waals surface area contributed by atoms with E-state index < -0.39 is 10.0 Å². The van der Waals surface area contributed by atoms with Gasteiger partial charge < -0.3 is 0 Å². The zero-order valence-electron chi connectivity index (χ0n) is 16.9. The van der Waals surface area contributed by atoms with Crippen LogP contribution >= 0.6 is 0 Å². The molecule has 0 spiro atoms. The Bertz CT molecular complexity index is 995. The van der Waals surface area contributed by atoms with Crippen molar-refractivity contribution in [2.75, 3.05) is 18.0 Å². The molecule has 7 heteroatoms. The van der Waals surface area contributed by atoms with Crippen molar-refractivity contribution in [1.29, 1.82) is 0 Å². The summed E-state index contributed by atoms with van der Waals surface area (Å²) in [6, 6.07) is 16.4. The van der Waals surface area contributed by atoms with Crippen LogP contribution in [0.15, 0.2) is 59.5 Å². The molecule has 0 aliphatic carbocycles. The van der Waals surface area contributed by atoms with Crippen LogP contribution in [0.1, 0.15) is 37.7 Å². The number of carbonyl (C=O) groups is 2. The summed E-state index contributed by atoms with van der Waals surface area (Å²) >= 11 is 0. The van der Waals surface area contributed by atoms with E-state index >= 15 is 0 Å². The molecule has 0 atom stereocenters. The van der Waals surface area contributed by atoms with E-state index in [2.05, 4.69) is 12.1 Å². The van der Waals surface area contributed by atoms with Gasteiger partial charge in [0.25, 0.3) is 0 Å². The molecule has 2 saturated heterocycles. The minimum atomic E-state index is -3.59. The highest BCUT2D eigenvalue weighted by atomic mass is 32.2. The van der Waals surface area contributed by atoms with Crippen molar-refractivity contribution in [2.24, 2.45) is 5.92 Å². The van der Waals surface area contributed by atoms with Crippen molar-refractivity contribution in [3.8, 4) is 0 Å². The van der Waals surface area contributed by atoms with E-state index in [1.807, 2.05) is 18.2 Å². The van der Waals surface area contributed by atoms with Crippen LogP contribution in [0, 0.1) is 5.92 Å². The average molecular weight is 427 g/mol. The number of carbonyl (C=O) groups excluding carboxylic acids is 2. The van der Waals surface area contributed by atoms with Crippen molar-refractivity contribution in [3.05, 3.63) is 60.2 Å². The third-order valence-electron chi connectivity index (χ3n) is 5.95. The van der Waals surface area contributed by atoms with Crippen molar-refractivity contribution >= 4 is 27.5 Å². The summed E-state index contributed by atoms with van der Waals surface area (Å²) in [4.78, 5) is 25.5. The Balaban J connectivity index is 1.41. The molecule has 6 nitrogen and oxygen atoms in total. The summed E-state index contributed by atoms with van der Waals surface area (Å²) in [5.74, 6) is 0.0158. The minimum absolute atomic E-state index is 0.199. The zero-order valence-corrected chi connectivity index (χ0v) is 17.7. The summed E-state index contributed by atoms with van der Waals surface area (Å²) < 4.78 is 27.6. The van der Waals surface area contributed by atoms with Gasteiger partial charge in [-0.25, -0.2) is 8.42 Å². The number of amides is 2. The lowest BCUT2D eigenvalue weighted by molar-refractivity contribution is -0.129. The molecule has 2 fully saturated rings. The molecular formula is C23H26N2O4S. The van der Waals surface area contributed by atoms with Gasteiger partial charge in [0.05, 0.1) is 10.6 Å². The van der Waals surface area contributed by atoms with Crippen LogP contribution in [-0.2, 0) is 26.0 Å². The maximum atomic E-state index is 13.0. The number of benzene rings is 2. The second-order valence-electron chi connectivity index (χ2n) is 8.01. The van der Waals surface area contributed by atoms with Gasteiger partial charge in [0.2, 0.25) is 21.8 Å². The third-order valence-corrected chi connectivity index (χ3v) is 7.87. The van der Waals surface area contributed by atoms with Gasteiger partial charge >= 0.3 is 0 Å². The van der Waals surface area contributed by atoms with Crippen LogP contribution in [0.4, 0.5) is 5.69 Å². The van der Waals surface area contributed by atoms with Gasteiger partial charge in [0.15, 0.2) is 0 Å². The molecule has 0 aromatic heterocycles. The topological polar surface area (TPSA) is 74.8 Å². The Morgan fingerprint density at radius 3 is 2.03 bits per heavy atom. The SMILES string of the molecule is O=C1CCCC(=O)N1c1ccc(S(=O)(=O)N2CCC(Cc3ccccc3)CC2)cc1. The number of sulfonamides is 1. The van der Waals surface area contributed by atoms with Crippen LogP contribution in [0.5, 0.6) is 0 Å². The zero-order chi connectivity index (χ0) is 21.1. The molecular weight excluding hydrogens is 400 g/mol. The minimum Gasteiger partial charge on any atom is -0.274 e. The largest absolute Gasteiger partial charge is 0.274 e. The van der Waals surface area contributed by atoms with E-state index in [-0.39, 0.29) is 16.7 Å². The highest BCUT2D eigenvalue weighted by Gasteiger charge is 2.31. The van der Waals surface area contributed by atoms with Gasteiger partial charge in [-0.1, -0.05) is 30.3 Å². The Morgan fingerprint density at radius 2 is 1.43 bits per heavy atom. The number of rotatable bonds is 5. The number of anilines is 1. The van der Waals surface area contributed by atoms with Crippen LogP contribution in [0.3, 0.4) is 0 Å². The van der Waals surface area contributed by atoms with Crippen molar-refractivity contribution in [3.63, 3.8) is 0 Å². The normalized spacial score (nSPS) is 19.3. The van der Waals surface area contributed by atoms with Crippen LogP contribution in [0.2, 0.25) is 0 Å². The summed E-state index contributed by atoms with van der Waals surface area (Å²) in [6.45, 7) is 1.01. The lowest BCUT2D eigenvalue weighted by Crippen LogP contribution is -2.40. The molecule has 0 saturated carbocycles. The monoisotopic (exact) mass is 426 g/mol. The fourth-order valence-corrected chi connectivity index (χ4v) is 5.73. The molecule has 2 aliphatic rings. The molecule has 2 aromatic carbocycles. The van der Waals surface area contributed by atoms with E-state index in [0.29, 0.717) is 44.0 Å². The second kappa shape index (κ2) is 8.70. The summed E-state index contributed by atoms with van der Waals surface area (Å²) in [5, 5.41) is 0. The molecule has 0 radical (unpaired) electrons. The maximum Gasteiger partial charge on any atom is 0.243 e. The van der Waals surface area contributed by atoms with Gasteiger partial charge in [0.1, 0.15) is 0 Å². The number of hydrogen-bond donors (Lipinski definition) is 0. The van der Waals surface area contributed by atoms with Crippen molar-refractivity contribution in [2.45, 2.75) is 43.4 Å². The van der Waals surface area contributed by atoms with E-state index in [0.717, 1.165) is 24.2 Å². The summed E-state index contributed by atoms with van der Waals surface area (Å²) in [6.07, 6.45) is 3.89. The molecule has 30 heavy (non-hydrogen) atoms. The van der Waals surface area contributed by atoms with Crippen molar-refractivity contribution < 1.29 is 18.0 Å². The van der Waals surface area contributed by atoms with Crippen molar-refractivity contribution in [1.82, 2.24) is 4.31 Å². The fourth-order valence-electron chi connectivity index (χ4n) is 4.26. The molecule has 2 aromatic rings. The Hall–Kier alpha value is -2.51. The van der Waals surface area contributed by atoms with Crippen LogP contribution < -0.4 is 4.90 Å². The Morgan fingerprint density at radius 1 is 0.833 bits per heavy atom. The first-order chi connectivity index (χ1) is 14.4. The van der Waals surface area contributed by atoms with Crippen LogP contribution in [-0.4, -0.2) is 37.6 Å². The smallest absolute Gasteiger partial charge is 0.243 e. The standard InChI is InChI=1S/C23H26N2O4S/c26-22-7-4-8-23(27)25(22)20-9-11-21(12-10-20)30(28,29)24-15-13-19(14-16-24)17-18-5-2-1-3-6-18/h1-3,5-6,9-12,19H,4,7-8,13-17H2. The highest BCUT2D eigenvalue weighted by molar-refractivity contribution is 7.89. The van der Waals surface area contributed by atoms with Gasteiger partial charge in [-0.15, -0.1) is 0 Å². The lowest BCUT2D eigenvalue weighted by atomic mass is 9.91. The predicted molar refractivity (Wildman–Crippen MR) is 114 cm³/mol. The summed E-state index contributed by atoms with van der Waals surface area (Å²) in [5.41, 5.74) is 1.72. The number of hydrogen-bond acceptors (Lipinski definition) is 4. The molecule has 0 unspecified atom stereocenters. The predicted octanol–water partition coefficient (Wildman–Crippen LogP) is 3.37. The Labute approximate surface area is 177 Å². The highest BCUT2D eigenvalue weighted by Crippen LogP contribution is 2.28. The van der Waals surface area contributed by atoms with E-state index in [9.17, 15) is 18.0 Å².